The Morgan fingerprint density at radius 2 is 1.86 bits per heavy atom. The average Bonchev–Trinajstić information content (AvgIpc) is 2.97. The van der Waals surface area contributed by atoms with Crippen LogP contribution in [0, 0.1) is 10.1 Å². The molecule has 1 saturated heterocycles. The fourth-order valence-corrected chi connectivity index (χ4v) is 2.65. The maximum atomic E-state index is 11.5. The van der Waals surface area contributed by atoms with Crippen LogP contribution in [0.25, 0.3) is 0 Å². The van der Waals surface area contributed by atoms with Gasteiger partial charge in [0.05, 0.1) is 11.1 Å². The highest BCUT2D eigenvalue weighted by Gasteiger charge is 2.26. The zero-order valence-electron chi connectivity index (χ0n) is 16.2. The van der Waals surface area contributed by atoms with Gasteiger partial charge in [-0.1, -0.05) is 32.9 Å². The minimum absolute atomic E-state index is 0.0115. The fourth-order valence-electron chi connectivity index (χ4n) is 2.65. The number of nitro groups is 1. The van der Waals surface area contributed by atoms with E-state index in [4.69, 9.17) is 4.74 Å². The van der Waals surface area contributed by atoms with Gasteiger partial charge in [-0.15, -0.1) is 0 Å². The Bertz CT molecular complexity index is 993. The van der Waals surface area contributed by atoms with Gasteiger partial charge in [0.1, 0.15) is 12.3 Å². The first-order valence-corrected chi connectivity index (χ1v) is 8.85. The summed E-state index contributed by atoms with van der Waals surface area (Å²) in [6.45, 7) is 6.09. The first kappa shape index (κ1) is 20.0. The maximum Gasteiger partial charge on any atom is 0.344 e. The van der Waals surface area contributed by atoms with Crippen molar-refractivity contribution in [2.45, 2.75) is 26.2 Å². The van der Waals surface area contributed by atoms with Crippen molar-refractivity contribution in [2.75, 3.05) is 6.54 Å². The van der Waals surface area contributed by atoms with E-state index in [-0.39, 0.29) is 23.4 Å². The molecule has 1 aliphatic rings. The zero-order valence-corrected chi connectivity index (χ0v) is 16.2. The summed E-state index contributed by atoms with van der Waals surface area (Å²) in [4.78, 5) is 33.5. The third-order valence-corrected chi connectivity index (χ3v) is 4.25. The van der Waals surface area contributed by atoms with Crippen LogP contribution in [0.1, 0.15) is 31.9 Å². The third kappa shape index (κ3) is 4.75. The zero-order chi connectivity index (χ0) is 21.2. The van der Waals surface area contributed by atoms with E-state index in [0.717, 1.165) is 10.6 Å². The molecule has 0 bridgehead atoms. The Hall–Kier alpha value is -3.75. The third-order valence-electron chi connectivity index (χ3n) is 4.25. The van der Waals surface area contributed by atoms with Crippen LogP contribution in [0.2, 0.25) is 0 Å². The normalized spacial score (nSPS) is 14.4. The van der Waals surface area contributed by atoms with Gasteiger partial charge in [0.15, 0.2) is 0 Å². The van der Waals surface area contributed by atoms with Crippen LogP contribution in [0.3, 0.4) is 0 Å². The van der Waals surface area contributed by atoms with Crippen LogP contribution in [0.15, 0.2) is 47.6 Å². The first-order chi connectivity index (χ1) is 13.6. The van der Waals surface area contributed by atoms with Crippen molar-refractivity contribution in [3.8, 4) is 11.5 Å². The Balaban J connectivity index is 1.80. The van der Waals surface area contributed by atoms with Gasteiger partial charge in [0.2, 0.25) is 11.7 Å². The average molecular weight is 396 g/mol. The van der Waals surface area contributed by atoms with Crippen LogP contribution < -0.4 is 10.1 Å². The molecule has 150 valence electrons. The van der Waals surface area contributed by atoms with E-state index in [2.05, 4.69) is 31.2 Å². The monoisotopic (exact) mass is 396 g/mol. The largest absolute Gasteiger partial charge is 0.450 e. The number of ether oxygens (including phenoxy) is 1. The molecule has 9 heteroatoms. The van der Waals surface area contributed by atoms with E-state index in [1.807, 2.05) is 12.1 Å². The summed E-state index contributed by atoms with van der Waals surface area (Å²) in [6, 6.07) is 11.1. The molecule has 2 aromatic rings. The van der Waals surface area contributed by atoms with Crippen molar-refractivity contribution in [1.82, 2.24) is 10.3 Å². The summed E-state index contributed by atoms with van der Waals surface area (Å²) in [6.07, 6.45) is 1.27. The molecular weight excluding hydrogens is 376 g/mol. The van der Waals surface area contributed by atoms with E-state index in [0.29, 0.717) is 11.3 Å². The number of hydrogen-bond acceptors (Lipinski definition) is 6. The lowest BCUT2D eigenvalue weighted by atomic mass is 9.87. The van der Waals surface area contributed by atoms with Crippen LogP contribution in [-0.4, -0.2) is 34.6 Å². The van der Waals surface area contributed by atoms with Crippen LogP contribution in [0.5, 0.6) is 11.5 Å². The van der Waals surface area contributed by atoms with Gasteiger partial charge >= 0.3 is 11.7 Å². The molecule has 0 radical (unpaired) electrons. The molecule has 0 spiro atoms. The lowest BCUT2D eigenvalue weighted by molar-refractivity contribution is -0.385. The molecule has 0 atom stereocenters. The van der Waals surface area contributed by atoms with Crippen molar-refractivity contribution < 1.29 is 19.2 Å². The highest BCUT2D eigenvalue weighted by Crippen LogP contribution is 2.33. The molecule has 1 heterocycles. The molecule has 3 rings (SSSR count). The number of rotatable bonds is 5. The SMILES string of the molecule is CC(C)(C)c1ccc(Oc2ccc(/C=N\N3CC(=O)NC3=O)cc2[N+](=O)[O-])cc1. The number of imide groups is 1. The fraction of sp³-hybridized carbons (Fsp3) is 0.250. The summed E-state index contributed by atoms with van der Waals surface area (Å²) in [5.41, 5.74) is 1.26. The topological polar surface area (TPSA) is 114 Å². The number of amides is 3. The van der Waals surface area contributed by atoms with E-state index in [9.17, 15) is 19.7 Å². The number of hydrazone groups is 1. The van der Waals surface area contributed by atoms with E-state index < -0.39 is 16.9 Å². The molecule has 1 N–H and O–H groups in total. The van der Waals surface area contributed by atoms with Gasteiger partial charge in [0, 0.05) is 11.6 Å². The number of hydrogen-bond donors (Lipinski definition) is 1. The van der Waals surface area contributed by atoms with Crippen LogP contribution in [-0.2, 0) is 10.2 Å². The summed E-state index contributed by atoms with van der Waals surface area (Å²) in [7, 11) is 0. The van der Waals surface area contributed by atoms with Crippen molar-refractivity contribution in [3.05, 3.63) is 63.7 Å². The van der Waals surface area contributed by atoms with E-state index in [1.54, 1.807) is 18.2 Å². The highest BCUT2D eigenvalue weighted by atomic mass is 16.6. The summed E-state index contributed by atoms with van der Waals surface area (Å²) >= 11 is 0. The Morgan fingerprint density at radius 1 is 1.17 bits per heavy atom. The lowest BCUT2D eigenvalue weighted by Gasteiger charge is -2.19. The second-order valence-electron chi connectivity index (χ2n) is 7.52. The summed E-state index contributed by atoms with van der Waals surface area (Å²) in [5, 5.41) is 18.4. The minimum atomic E-state index is -0.639. The lowest BCUT2D eigenvalue weighted by Crippen LogP contribution is -2.24. The van der Waals surface area contributed by atoms with Gasteiger partial charge in [0.25, 0.3) is 0 Å². The maximum absolute atomic E-state index is 11.5. The molecule has 3 amide bonds. The quantitative estimate of drug-likeness (QED) is 0.359. The van der Waals surface area contributed by atoms with Crippen molar-refractivity contribution in [1.29, 1.82) is 0 Å². The van der Waals surface area contributed by atoms with Gasteiger partial charge in [-0.25, -0.2) is 9.80 Å². The van der Waals surface area contributed by atoms with E-state index >= 15 is 0 Å². The highest BCUT2D eigenvalue weighted by molar-refractivity contribution is 6.02. The predicted octanol–water partition coefficient (Wildman–Crippen LogP) is 3.57. The second kappa shape index (κ2) is 7.70. The number of carbonyl (C=O) groups excluding carboxylic acids is 2. The molecule has 0 saturated carbocycles. The van der Waals surface area contributed by atoms with Gasteiger partial charge < -0.3 is 4.74 Å². The minimum Gasteiger partial charge on any atom is -0.450 e. The van der Waals surface area contributed by atoms with Gasteiger partial charge in [-0.05, 0) is 35.2 Å². The second-order valence-corrected chi connectivity index (χ2v) is 7.52. The molecule has 2 aromatic carbocycles. The standard InChI is InChI=1S/C20H20N4O5/c1-20(2,3)14-5-7-15(8-6-14)29-17-9-4-13(10-16(17)24(27)28)11-21-23-12-18(25)22-19(23)26/h4-11H,12H2,1-3H3,(H,22,25,26)/b21-11-. The number of urea groups is 1. The Labute approximate surface area is 167 Å². The van der Waals surface area contributed by atoms with Crippen LogP contribution in [0.4, 0.5) is 10.5 Å². The number of nitrogens with zero attached hydrogens (tertiary/aromatic N) is 3. The van der Waals surface area contributed by atoms with Gasteiger partial charge in [-0.3, -0.25) is 20.2 Å². The molecule has 9 nitrogen and oxygen atoms in total. The molecule has 1 fully saturated rings. The molecule has 0 aliphatic carbocycles. The number of nitro benzene ring substituents is 1. The van der Waals surface area contributed by atoms with E-state index in [1.165, 1.54) is 18.3 Å². The molecular formula is C20H20N4O5. The van der Waals surface area contributed by atoms with Crippen molar-refractivity contribution in [3.63, 3.8) is 0 Å². The number of benzene rings is 2. The molecule has 0 aromatic heterocycles. The molecule has 29 heavy (non-hydrogen) atoms. The summed E-state index contributed by atoms with van der Waals surface area (Å²) < 4.78 is 5.70. The Kier molecular flexibility index (Phi) is 5.31. The molecule has 1 aliphatic heterocycles. The smallest absolute Gasteiger partial charge is 0.344 e. The number of carbonyl (C=O) groups is 2. The first-order valence-electron chi connectivity index (χ1n) is 8.85. The molecule has 0 unspecified atom stereocenters. The Morgan fingerprint density at radius 3 is 2.41 bits per heavy atom. The number of nitrogens with one attached hydrogen (secondary N) is 1. The summed E-state index contributed by atoms with van der Waals surface area (Å²) in [5.74, 6) is 0.110. The van der Waals surface area contributed by atoms with Crippen molar-refractivity contribution >= 4 is 23.8 Å². The van der Waals surface area contributed by atoms with Gasteiger partial charge in [-0.2, -0.15) is 5.10 Å². The van der Waals surface area contributed by atoms with Crippen LogP contribution >= 0.6 is 0 Å². The predicted molar refractivity (Wildman–Crippen MR) is 106 cm³/mol. The van der Waals surface area contributed by atoms with Crippen molar-refractivity contribution in [2.24, 2.45) is 5.10 Å².